The standard InChI is InChI=1S/C22H31N5O2S.HI/c1-2-23-22(25-17-20-7-4-14-30-20)24-16-18-5-3-6-19(15-18)26-21(28)8-9-27-10-12-29-13-11-27;/h3-7,14-15H,2,8-13,16-17H2,1H3,(H,26,28)(H2,23,24,25);1H. The van der Waals surface area contributed by atoms with E-state index in [0.29, 0.717) is 13.0 Å². The first-order valence-electron chi connectivity index (χ1n) is 10.5. The van der Waals surface area contributed by atoms with Crippen molar-refractivity contribution in [3.8, 4) is 0 Å². The van der Waals surface area contributed by atoms with Gasteiger partial charge in [-0.15, -0.1) is 35.3 Å². The van der Waals surface area contributed by atoms with Crippen LogP contribution in [0.2, 0.25) is 0 Å². The minimum absolute atomic E-state index is 0. The molecule has 170 valence electrons. The number of amides is 1. The first-order valence-corrected chi connectivity index (χ1v) is 11.3. The van der Waals surface area contributed by atoms with E-state index in [-0.39, 0.29) is 29.9 Å². The number of carbonyl (C=O) groups is 1. The summed E-state index contributed by atoms with van der Waals surface area (Å²) in [5.74, 6) is 0.818. The van der Waals surface area contributed by atoms with Gasteiger partial charge in [0.05, 0.1) is 26.3 Å². The number of anilines is 1. The largest absolute Gasteiger partial charge is 0.379 e. The number of thiophene rings is 1. The minimum Gasteiger partial charge on any atom is -0.379 e. The molecule has 3 rings (SSSR count). The smallest absolute Gasteiger partial charge is 0.225 e. The van der Waals surface area contributed by atoms with Crippen LogP contribution in [0.4, 0.5) is 5.69 Å². The fraction of sp³-hybridized carbons (Fsp3) is 0.455. The number of benzene rings is 1. The zero-order chi connectivity index (χ0) is 21.0. The molecular weight excluding hydrogens is 525 g/mol. The molecule has 0 saturated carbocycles. The molecule has 0 spiro atoms. The van der Waals surface area contributed by atoms with Gasteiger partial charge in [0.15, 0.2) is 5.96 Å². The van der Waals surface area contributed by atoms with E-state index in [1.54, 1.807) is 11.3 Å². The Morgan fingerprint density at radius 2 is 2.03 bits per heavy atom. The molecule has 1 amide bonds. The van der Waals surface area contributed by atoms with Crippen molar-refractivity contribution in [2.24, 2.45) is 4.99 Å². The Balaban J connectivity index is 0.00000341. The summed E-state index contributed by atoms with van der Waals surface area (Å²) in [5, 5.41) is 11.7. The van der Waals surface area contributed by atoms with Crippen LogP contribution in [0.15, 0.2) is 46.8 Å². The molecule has 31 heavy (non-hydrogen) atoms. The summed E-state index contributed by atoms with van der Waals surface area (Å²) in [6, 6.07) is 12.0. The third-order valence-corrected chi connectivity index (χ3v) is 5.62. The molecule has 7 nitrogen and oxygen atoms in total. The zero-order valence-electron chi connectivity index (χ0n) is 17.9. The van der Waals surface area contributed by atoms with E-state index in [2.05, 4.69) is 44.2 Å². The number of ether oxygens (including phenoxy) is 1. The van der Waals surface area contributed by atoms with Crippen molar-refractivity contribution in [1.82, 2.24) is 15.5 Å². The fourth-order valence-electron chi connectivity index (χ4n) is 3.15. The summed E-state index contributed by atoms with van der Waals surface area (Å²) in [4.78, 5) is 20.5. The summed E-state index contributed by atoms with van der Waals surface area (Å²) in [6.45, 7) is 8.21. The van der Waals surface area contributed by atoms with Gasteiger partial charge in [-0.2, -0.15) is 0 Å². The van der Waals surface area contributed by atoms with E-state index in [9.17, 15) is 4.79 Å². The van der Waals surface area contributed by atoms with Gasteiger partial charge in [-0.05, 0) is 36.1 Å². The van der Waals surface area contributed by atoms with Crippen molar-refractivity contribution in [1.29, 1.82) is 0 Å². The third-order valence-electron chi connectivity index (χ3n) is 4.74. The minimum atomic E-state index is 0. The van der Waals surface area contributed by atoms with Crippen LogP contribution < -0.4 is 16.0 Å². The molecule has 1 aliphatic heterocycles. The lowest BCUT2D eigenvalue weighted by atomic mass is 10.2. The Kier molecular flexibility index (Phi) is 11.9. The molecule has 0 atom stereocenters. The number of rotatable bonds is 9. The second-order valence-corrected chi connectivity index (χ2v) is 8.11. The monoisotopic (exact) mass is 557 g/mol. The van der Waals surface area contributed by atoms with Gasteiger partial charge >= 0.3 is 0 Å². The number of halogens is 1. The maximum absolute atomic E-state index is 12.3. The van der Waals surface area contributed by atoms with E-state index < -0.39 is 0 Å². The predicted octanol–water partition coefficient (Wildman–Crippen LogP) is 3.28. The number of guanidine groups is 1. The molecule has 0 bridgehead atoms. The normalized spacial score (nSPS) is 14.5. The highest BCUT2D eigenvalue weighted by atomic mass is 127. The number of nitrogens with zero attached hydrogens (tertiary/aromatic N) is 2. The van der Waals surface area contributed by atoms with Gasteiger partial charge in [0.25, 0.3) is 0 Å². The average Bonchev–Trinajstić information content (AvgIpc) is 3.29. The maximum atomic E-state index is 12.3. The fourth-order valence-corrected chi connectivity index (χ4v) is 3.80. The van der Waals surface area contributed by atoms with Crippen LogP contribution in [-0.2, 0) is 22.6 Å². The number of aliphatic imine (C=N–C) groups is 1. The summed E-state index contributed by atoms with van der Waals surface area (Å²) >= 11 is 1.72. The number of hydrogen-bond donors (Lipinski definition) is 3. The Morgan fingerprint density at radius 3 is 2.77 bits per heavy atom. The first-order chi connectivity index (χ1) is 14.7. The Morgan fingerprint density at radius 1 is 1.19 bits per heavy atom. The van der Waals surface area contributed by atoms with Crippen molar-refractivity contribution in [2.75, 3.05) is 44.7 Å². The molecule has 1 fully saturated rings. The van der Waals surface area contributed by atoms with Crippen LogP contribution in [0.3, 0.4) is 0 Å². The SMILES string of the molecule is CCNC(=NCc1cccc(NC(=O)CCN2CCOCC2)c1)NCc1cccs1.I. The van der Waals surface area contributed by atoms with Crippen molar-refractivity contribution in [3.63, 3.8) is 0 Å². The molecule has 1 aromatic carbocycles. The number of morpholine rings is 1. The summed E-state index contributed by atoms with van der Waals surface area (Å²) in [7, 11) is 0. The number of carbonyl (C=O) groups excluding carboxylic acids is 1. The molecule has 0 radical (unpaired) electrons. The van der Waals surface area contributed by atoms with Crippen LogP contribution in [0.25, 0.3) is 0 Å². The van der Waals surface area contributed by atoms with Gasteiger partial charge in [-0.25, -0.2) is 4.99 Å². The van der Waals surface area contributed by atoms with Crippen molar-refractivity contribution >= 4 is 52.9 Å². The topological polar surface area (TPSA) is 78.0 Å². The molecular formula is C22H32IN5O2S. The molecule has 0 unspecified atom stereocenters. The third kappa shape index (κ3) is 9.55. The van der Waals surface area contributed by atoms with Crippen LogP contribution in [-0.4, -0.2) is 56.2 Å². The number of nitrogens with one attached hydrogen (secondary N) is 3. The summed E-state index contributed by atoms with van der Waals surface area (Å²) in [6.07, 6.45) is 0.486. The van der Waals surface area contributed by atoms with Crippen molar-refractivity contribution in [2.45, 2.75) is 26.4 Å². The molecule has 0 aliphatic carbocycles. The predicted molar refractivity (Wildman–Crippen MR) is 138 cm³/mol. The Hall–Kier alpha value is -1.69. The summed E-state index contributed by atoms with van der Waals surface area (Å²) < 4.78 is 5.34. The highest BCUT2D eigenvalue weighted by Crippen LogP contribution is 2.12. The van der Waals surface area contributed by atoms with E-state index in [0.717, 1.165) is 63.1 Å². The first kappa shape index (κ1) is 25.6. The molecule has 1 saturated heterocycles. The van der Waals surface area contributed by atoms with Crippen LogP contribution in [0.1, 0.15) is 23.8 Å². The molecule has 3 N–H and O–H groups in total. The number of hydrogen-bond acceptors (Lipinski definition) is 5. The van der Waals surface area contributed by atoms with Gasteiger partial charge in [-0.3, -0.25) is 9.69 Å². The van der Waals surface area contributed by atoms with Crippen LogP contribution in [0.5, 0.6) is 0 Å². The highest BCUT2D eigenvalue weighted by molar-refractivity contribution is 14.0. The lowest BCUT2D eigenvalue weighted by Gasteiger charge is -2.26. The van der Waals surface area contributed by atoms with E-state index in [1.165, 1.54) is 4.88 Å². The van der Waals surface area contributed by atoms with E-state index in [4.69, 9.17) is 4.74 Å². The van der Waals surface area contributed by atoms with Gasteiger partial charge in [0, 0.05) is 43.2 Å². The Bertz CT molecular complexity index is 810. The highest BCUT2D eigenvalue weighted by Gasteiger charge is 2.12. The van der Waals surface area contributed by atoms with Gasteiger partial charge in [0.2, 0.25) is 5.91 Å². The van der Waals surface area contributed by atoms with Gasteiger partial charge < -0.3 is 20.7 Å². The lowest BCUT2D eigenvalue weighted by molar-refractivity contribution is -0.116. The average molecular weight is 558 g/mol. The quantitative estimate of drug-likeness (QED) is 0.251. The van der Waals surface area contributed by atoms with Crippen molar-refractivity contribution < 1.29 is 9.53 Å². The zero-order valence-corrected chi connectivity index (χ0v) is 21.1. The summed E-state index contributed by atoms with van der Waals surface area (Å²) in [5.41, 5.74) is 1.86. The molecule has 1 aromatic heterocycles. The maximum Gasteiger partial charge on any atom is 0.225 e. The van der Waals surface area contributed by atoms with Gasteiger partial charge in [0.1, 0.15) is 0 Å². The lowest BCUT2D eigenvalue weighted by Crippen LogP contribution is -2.38. The van der Waals surface area contributed by atoms with Crippen LogP contribution in [0, 0.1) is 0 Å². The van der Waals surface area contributed by atoms with E-state index in [1.807, 2.05) is 30.3 Å². The van der Waals surface area contributed by atoms with Gasteiger partial charge in [-0.1, -0.05) is 18.2 Å². The second kappa shape index (κ2) is 14.4. The van der Waals surface area contributed by atoms with E-state index >= 15 is 0 Å². The molecule has 2 aromatic rings. The van der Waals surface area contributed by atoms with Crippen LogP contribution >= 0.6 is 35.3 Å². The second-order valence-electron chi connectivity index (χ2n) is 7.08. The van der Waals surface area contributed by atoms with Crippen molar-refractivity contribution in [3.05, 3.63) is 52.2 Å². The Labute approximate surface area is 205 Å². The molecule has 9 heteroatoms. The molecule has 1 aliphatic rings. The molecule has 2 heterocycles.